The molecule has 3 aliphatic rings. The predicted octanol–water partition coefficient (Wildman–Crippen LogP) is 4.09. The van der Waals surface area contributed by atoms with Gasteiger partial charge in [-0.2, -0.15) is 0 Å². The standard InChI is InChI=1S/C20H32O2/c1-4-18(2)11-8-16-15(12-18)6-7-17-19(16,3)9-5-10-20(17,13-21)14-22/h4,6,16-17,21-22H,1,5,7-14H2,2-3H3. The normalized spacial score (nSPS) is 43.7. The summed E-state index contributed by atoms with van der Waals surface area (Å²) in [5, 5.41) is 20.0. The Labute approximate surface area is 135 Å². The van der Waals surface area contributed by atoms with Crippen LogP contribution >= 0.6 is 0 Å². The molecular weight excluding hydrogens is 272 g/mol. The van der Waals surface area contributed by atoms with Gasteiger partial charge in [-0.1, -0.05) is 38.0 Å². The van der Waals surface area contributed by atoms with Crippen molar-refractivity contribution < 1.29 is 10.2 Å². The van der Waals surface area contributed by atoms with Crippen molar-refractivity contribution in [2.75, 3.05) is 13.2 Å². The van der Waals surface area contributed by atoms with Gasteiger partial charge in [0.2, 0.25) is 0 Å². The van der Waals surface area contributed by atoms with Gasteiger partial charge in [0.1, 0.15) is 0 Å². The van der Waals surface area contributed by atoms with E-state index in [0.29, 0.717) is 11.8 Å². The lowest BCUT2D eigenvalue weighted by molar-refractivity contribution is -0.113. The largest absolute Gasteiger partial charge is 0.396 e. The van der Waals surface area contributed by atoms with E-state index in [9.17, 15) is 10.2 Å². The minimum Gasteiger partial charge on any atom is -0.396 e. The molecule has 0 aliphatic heterocycles. The Morgan fingerprint density at radius 2 is 1.95 bits per heavy atom. The van der Waals surface area contributed by atoms with Crippen LogP contribution in [0, 0.1) is 28.1 Å². The van der Waals surface area contributed by atoms with Crippen molar-refractivity contribution in [2.45, 2.75) is 58.8 Å². The average Bonchev–Trinajstić information content (AvgIpc) is 2.53. The maximum atomic E-state index is 10.0. The summed E-state index contributed by atoms with van der Waals surface area (Å²) >= 11 is 0. The van der Waals surface area contributed by atoms with Crippen LogP contribution in [0.1, 0.15) is 58.8 Å². The molecule has 0 aromatic rings. The van der Waals surface area contributed by atoms with Gasteiger partial charge in [-0.05, 0) is 61.2 Å². The van der Waals surface area contributed by atoms with Gasteiger partial charge in [0.25, 0.3) is 0 Å². The molecule has 2 saturated carbocycles. The van der Waals surface area contributed by atoms with E-state index < -0.39 is 0 Å². The first-order valence-electron chi connectivity index (χ1n) is 8.97. The molecule has 2 nitrogen and oxygen atoms in total. The van der Waals surface area contributed by atoms with Gasteiger partial charge < -0.3 is 10.2 Å². The zero-order valence-corrected chi connectivity index (χ0v) is 14.3. The van der Waals surface area contributed by atoms with Crippen molar-refractivity contribution in [2.24, 2.45) is 28.1 Å². The Hall–Kier alpha value is -0.600. The third-order valence-electron chi connectivity index (χ3n) is 7.52. The maximum Gasteiger partial charge on any atom is 0.0512 e. The maximum absolute atomic E-state index is 10.0. The van der Waals surface area contributed by atoms with Gasteiger partial charge in [-0.25, -0.2) is 0 Å². The monoisotopic (exact) mass is 304 g/mol. The molecule has 0 heterocycles. The second kappa shape index (κ2) is 5.49. The molecule has 0 radical (unpaired) electrons. The minimum absolute atomic E-state index is 0.129. The Morgan fingerprint density at radius 1 is 1.23 bits per heavy atom. The van der Waals surface area contributed by atoms with Crippen molar-refractivity contribution in [1.82, 2.24) is 0 Å². The van der Waals surface area contributed by atoms with E-state index in [2.05, 4.69) is 32.6 Å². The summed E-state index contributed by atoms with van der Waals surface area (Å²) in [5.74, 6) is 1.06. The Bertz CT molecular complexity index is 476. The van der Waals surface area contributed by atoms with Crippen LogP contribution in [0.2, 0.25) is 0 Å². The number of rotatable bonds is 3. The van der Waals surface area contributed by atoms with Gasteiger partial charge in [-0.3, -0.25) is 0 Å². The van der Waals surface area contributed by atoms with E-state index in [0.717, 1.165) is 25.7 Å². The fourth-order valence-corrected chi connectivity index (χ4v) is 5.98. The average molecular weight is 304 g/mol. The molecule has 0 aromatic heterocycles. The molecule has 2 heteroatoms. The molecule has 2 N–H and O–H groups in total. The van der Waals surface area contributed by atoms with Crippen molar-refractivity contribution in [3.05, 3.63) is 24.3 Å². The van der Waals surface area contributed by atoms with E-state index >= 15 is 0 Å². The summed E-state index contributed by atoms with van der Waals surface area (Å²) in [6, 6.07) is 0. The Balaban J connectivity index is 1.96. The van der Waals surface area contributed by atoms with Crippen LogP contribution < -0.4 is 0 Å². The van der Waals surface area contributed by atoms with Crippen molar-refractivity contribution in [1.29, 1.82) is 0 Å². The van der Waals surface area contributed by atoms with Crippen LogP contribution in [0.5, 0.6) is 0 Å². The third kappa shape index (κ3) is 2.22. The lowest BCUT2D eigenvalue weighted by atomic mass is 9.45. The van der Waals surface area contributed by atoms with E-state index in [1.165, 1.54) is 19.3 Å². The highest BCUT2D eigenvalue weighted by Gasteiger charge is 2.56. The summed E-state index contributed by atoms with van der Waals surface area (Å²) in [6.07, 6.45) is 12.6. The highest BCUT2D eigenvalue weighted by atomic mass is 16.3. The molecule has 4 atom stereocenters. The van der Waals surface area contributed by atoms with E-state index in [1.54, 1.807) is 5.57 Å². The summed E-state index contributed by atoms with van der Waals surface area (Å²) in [4.78, 5) is 0. The molecular formula is C20H32O2. The zero-order chi connectivity index (χ0) is 16.0. The fourth-order valence-electron chi connectivity index (χ4n) is 5.98. The Morgan fingerprint density at radius 3 is 2.59 bits per heavy atom. The number of hydrogen-bond acceptors (Lipinski definition) is 2. The lowest BCUT2D eigenvalue weighted by Gasteiger charge is -2.60. The summed E-state index contributed by atoms with van der Waals surface area (Å²) in [7, 11) is 0. The van der Waals surface area contributed by atoms with Crippen LogP contribution in [-0.2, 0) is 0 Å². The van der Waals surface area contributed by atoms with Gasteiger partial charge in [-0.15, -0.1) is 6.58 Å². The molecule has 3 aliphatic carbocycles. The number of fused-ring (bicyclic) bond motifs is 3. The predicted molar refractivity (Wildman–Crippen MR) is 90.4 cm³/mol. The van der Waals surface area contributed by atoms with Crippen molar-refractivity contribution >= 4 is 0 Å². The van der Waals surface area contributed by atoms with Gasteiger partial charge in [0, 0.05) is 5.41 Å². The van der Waals surface area contributed by atoms with Gasteiger partial charge >= 0.3 is 0 Å². The van der Waals surface area contributed by atoms with E-state index in [4.69, 9.17) is 0 Å². The molecule has 4 unspecified atom stereocenters. The topological polar surface area (TPSA) is 40.5 Å². The first kappa shape index (κ1) is 16.3. The van der Waals surface area contributed by atoms with Crippen LogP contribution in [-0.4, -0.2) is 23.4 Å². The van der Waals surface area contributed by atoms with Gasteiger partial charge in [0.05, 0.1) is 13.2 Å². The first-order chi connectivity index (χ1) is 10.4. The number of aliphatic hydroxyl groups excluding tert-OH is 2. The molecule has 0 bridgehead atoms. The zero-order valence-electron chi connectivity index (χ0n) is 14.3. The van der Waals surface area contributed by atoms with Gasteiger partial charge in [0.15, 0.2) is 0 Å². The molecule has 124 valence electrons. The van der Waals surface area contributed by atoms with Crippen LogP contribution in [0.3, 0.4) is 0 Å². The third-order valence-corrected chi connectivity index (χ3v) is 7.52. The number of allylic oxidation sites excluding steroid dienone is 3. The molecule has 0 aromatic carbocycles. The van der Waals surface area contributed by atoms with E-state index in [1.807, 2.05) is 0 Å². The Kier molecular flexibility index (Phi) is 4.06. The van der Waals surface area contributed by atoms with Crippen LogP contribution in [0.4, 0.5) is 0 Å². The summed E-state index contributed by atoms with van der Waals surface area (Å²) in [6.45, 7) is 9.07. The summed E-state index contributed by atoms with van der Waals surface area (Å²) in [5.41, 5.74) is 1.86. The van der Waals surface area contributed by atoms with Crippen LogP contribution in [0.25, 0.3) is 0 Å². The van der Waals surface area contributed by atoms with Crippen molar-refractivity contribution in [3.63, 3.8) is 0 Å². The molecule has 0 saturated heterocycles. The van der Waals surface area contributed by atoms with E-state index in [-0.39, 0.29) is 29.5 Å². The molecule has 0 spiro atoms. The smallest absolute Gasteiger partial charge is 0.0512 e. The second-order valence-corrected chi connectivity index (χ2v) is 8.73. The first-order valence-corrected chi connectivity index (χ1v) is 8.97. The lowest BCUT2D eigenvalue weighted by Crippen LogP contribution is -2.54. The fraction of sp³-hybridized carbons (Fsp3) is 0.800. The highest BCUT2D eigenvalue weighted by Crippen LogP contribution is 2.63. The van der Waals surface area contributed by atoms with Crippen molar-refractivity contribution in [3.8, 4) is 0 Å². The van der Waals surface area contributed by atoms with Crippen LogP contribution in [0.15, 0.2) is 24.3 Å². The molecule has 0 amide bonds. The molecule has 2 fully saturated rings. The summed E-state index contributed by atoms with van der Waals surface area (Å²) < 4.78 is 0. The number of aliphatic hydroxyl groups is 2. The molecule has 22 heavy (non-hydrogen) atoms. The second-order valence-electron chi connectivity index (χ2n) is 8.73. The quantitative estimate of drug-likeness (QED) is 0.771. The number of hydrogen-bond donors (Lipinski definition) is 2. The highest BCUT2D eigenvalue weighted by molar-refractivity contribution is 5.25. The molecule has 3 rings (SSSR count). The minimum atomic E-state index is -0.270. The SMILES string of the molecule is C=CC1(C)CCC2C(=CCC3C(CO)(CO)CCCC23C)C1.